The predicted octanol–water partition coefficient (Wildman–Crippen LogP) is 3.72. The van der Waals surface area contributed by atoms with Crippen LogP contribution in [-0.2, 0) is 11.2 Å². The van der Waals surface area contributed by atoms with Gasteiger partial charge in [-0.2, -0.15) is 0 Å². The van der Waals surface area contributed by atoms with Gasteiger partial charge in [-0.15, -0.1) is 35.3 Å². The van der Waals surface area contributed by atoms with Crippen molar-refractivity contribution in [3.05, 3.63) is 22.4 Å². The number of halogens is 1. The molecule has 1 aromatic heterocycles. The molecule has 0 fully saturated rings. The largest absolute Gasteiger partial charge is 0.444 e. The van der Waals surface area contributed by atoms with E-state index in [4.69, 9.17) is 4.74 Å². The standard InChI is InChI=1S/C18H32N4O2S.HI/c1-6-19-16(22(5)13-10-15-9-7-14-25-15)20-11-8-12-21-17(23)24-18(2,3)4;/h7,9,14H,6,8,10-13H2,1-5H3,(H,19,20)(H,21,23);1H. The fraction of sp³-hybridized carbons (Fsp3) is 0.667. The number of hydrogen-bond acceptors (Lipinski definition) is 4. The summed E-state index contributed by atoms with van der Waals surface area (Å²) >= 11 is 1.78. The highest BCUT2D eigenvalue weighted by Crippen LogP contribution is 2.09. The molecular weight excluding hydrogens is 463 g/mol. The van der Waals surface area contributed by atoms with E-state index in [2.05, 4.69) is 45.0 Å². The second kappa shape index (κ2) is 13.2. The zero-order valence-electron chi connectivity index (χ0n) is 16.5. The van der Waals surface area contributed by atoms with E-state index in [1.165, 1.54) is 4.88 Å². The van der Waals surface area contributed by atoms with E-state index in [0.29, 0.717) is 13.1 Å². The average Bonchev–Trinajstić information content (AvgIpc) is 3.03. The maximum absolute atomic E-state index is 11.6. The molecule has 1 rings (SSSR count). The number of aliphatic imine (C=N–C) groups is 1. The average molecular weight is 496 g/mol. The van der Waals surface area contributed by atoms with Crippen molar-refractivity contribution in [3.63, 3.8) is 0 Å². The molecule has 0 atom stereocenters. The van der Waals surface area contributed by atoms with E-state index < -0.39 is 5.60 Å². The molecule has 0 saturated heterocycles. The van der Waals surface area contributed by atoms with E-state index in [1.54, 1.807) is 11.3 Å². The number of hydrogen-bond donors (Lipinski definition) is 2. The number of ether oxygens (including phenoxy) is 1. The summed E-state index contributed by atoms with van der Waals surface area (Å²) in [5, 5.41) is 8.17. The van der Waals surface area contributed by atoms with Gasteiger partial charge in [-0.05, 0) is 52.0 Å². The van der Waals surface area contributed by atoms with Crippen LogP contribution in [0.15, 0.2) is 22.5 Å². The molecule has 0 saturated carbocycles. The number of thiophene rings is 1. The summed E-state index contributed by atoms with van der Waals surface area (Å²) in [4.78, 5) is 19.7. The van der Waals surface area contributed by atoms with Crippen LogP contribution in [0, 0.1) is 0 Å². The summed E-state index contributed by atoms with van der Waals surface area (Å²) in [6.07, 6.45) is 1.41. The number of nitrogens with zero attached hydrogens (tertiary/aromatic N) is 2. The lowest BCUT2D eigenvalue weighted by Crippen LogP contribution is -2.40. The summed E-state index contributed by atoms with van der Waals surface area (Å²) < 4.78 is 5.20. The molecule has 1 amide bonds. The Balaban J connectivity index is 0.00000625. The second-order valence-corrected chi connectivity index (χ2v) is 7.80. The Kier molecular flexibility index (Phi) is 12.7. The van der Waals surface area contributed by atoms with Crippen LogP contribution in [0.5, 0.6) is 0 Å². The number of nitrogens with one attached hydrogen (secondary N) is 2. The monoisotopic (exact) mass is 496 g/mol. The van der Waals surface area contributed by atoms with Crippen LogP contribution in [0.1, 0.15) is 39.0 Å². The number of likely N-dealkylation sites (N-methyl/N-ethyl adjacent to an activating group) is 1. The lowest BCUT2D eigenvalue weighted by molar-refractivity contribution is 0.0527. The smallest absolute Gasteiger partial charge is 0.407 e. The van der Waals surface area contributed by atoms with Gasteiger partial charge in [0.05, 0.1) is 0 Å². The zero-order valence-corrected chi connectivity index (χ0v) is 19.6. The van der Waals surface area contributed by atoms with Crippen LogP contribution < -0.4 is 10.6 Å². The molecule has 150 valence electrons. The van der Waals surface area contributed by atoms with Crippen LogP contribution >= 0.6 is 35.3 Å². The van der Waals surface area contributed by atoms with E-state index in [-0.39, 0.29) is 30.1 Å². The summed E-state index contributed by atoms with van der Waals surface area (Å²) in [7, 11) is 2.05. The van der Waals surface area contributed by atoms with Crippen molar-refractivity contribution in [2.75, 3.05) is 33.2 Å². The van der Waals surface area contributed by atoms with Crippen molar-refractivity contribution in [1.82, 2.24) is 15.5 Å². The lowest BCUT2D eigenvalue weighted by atomic mass is 10.2. The number of guanidine groups is 1. The molecule has 1 heterocycles. The van der Waals surface area contributed by atoms with E-state index in [0.717, 1.165) is 31.9 Å². The van der Waals surface area contributed by atoms with Crippen molar-refractivity contribution in [1.29, 1.82) is 0 Å². The first-order valence-corrected chi connectivity index (χ1v) is 9.68. The van der Waals surface area contributed by atoms with Crippen LogP contribution in [-0.4, -0.2) is 55.8 Å². The SMILES string of the molecule is CCNC(=NCCCNC(=O)OC(C)(C)C)N(C)CCc1cccs1.I. The Morgan fingerprint density at radius 1 is 1.35 bits per heavy atom. The second-order valence-electron chi connectivity index (χ2n) is 6.77. The molecular formula is C18H33IN4O2S. The molecule has 2 N–H and O–H groups in total. The highest BCUT2D eigenvalue weighted by atomic mass is 127. The summed E-state index contributed by atoms with van der Waals surface area (Å²) in [6.45, 7) is 10.6. The van der Waals surface area contributed by atoms with Gasteiger partial charge in [0.25, 0.3) is 0 Å². The van der Waals surface area contributed by atoms with Crippen molar-refractivity contribution >= 4 is 47.4 Å². The van der Waals surface area contributed by atoms with Crippen molar-refractivity contribution in [2.45, 2.75) is 46.1 Å². The third-order valence-electron chi connectivity index (χ3n) is 3.23. The van der Waals surface area contributed by atoms with Crippen LogP contribution in [0.25, 0.3) is 0 Å². The van der Waals surface area contributed by atoms with Crippen LogP contribution in [0.2, 0.25) is 0 Å². The third-order valence-corrected chi connectivity index (χ3v) is 4.17. The number of carbonyl (C=O) groups excluding carboxylic acids is 1. The van der Waals surface area contributed by atoms with Crippen molar-refractivity contribution in [2.24, 2.45) is 4.99 Å². The van der Waals surface area contributed by atoms with Gasteiger partial charge in [0, 0.05) is 38.1 Å². The topological polar surface area (TPSA) is 66.0 Å². The molecule has 0 spiro atoms. The molecule has 0 bridgehead atoms. The first-order chi connectivity index (χ1) is 11.8. The van der Waals surface area contributed by atoms with Gasteiger partial charge in [-0.25, -0.2) is 4.79 Å². The van der Waals surface area contributed by atoms with Gasteiger partial charge in [0.1, 0.15) is 5.60 Å². The molecule has 0 aromatic carbocycles. The molecule has 0 radical (unpaired) electrons. The van der Waals surface area contributed by atoms with E-state index in [1.807, 2.05) is 27.8 Å². The van der Waals surface area contributed by atoms with Gasteiger partial charge in [-0.3, -0.25) is 4.99 Å². The van der Waals surface area contributed by atoms with Gasteiger partial charge in [0.2, 0.25) is 0 Å². The quantitative estimate of drug-likeness (QED) is 0.249. The predicted molar refractivity (Wildman–Crippen MR) is 121 cm³/mol. The third kappa shape index (κ3) is 11.6. The number of amides is 1. The normalized spacial score (nSPS) is 11.5. The molecule has 0 aliphatic rings. The molecule has 1 aromatic rings. The summed E-state index contributed by atoms with van der Waals surface area (Å²) in [6, 6.07) is 4.24. The maximum atomic E-state index is 11.6. The fourth-order valence-corrected chi connectivity index (χ4v) is 2.78. The Bertz CT molecular complexity index is 530. The van der Waals surface area contributed by atoms with Gasteiger partial charge < -0.3 is 20.3 Å². The van der Waals surface area contributed by atoms with Crippen LogP contribution in [0.3, 0.4) is 0 Å². The molecule has 0 aliphatic heterocycles. The Morgan fingerprint density at radius 2 is 2.08 bits per heavy atom. The summed E-state index contributed by atoms with van der Waals surface area (Å²) in [5.74, 6) is 0.899. The first-order valence-electron chi connectivity index (χ1n) is 8.80. The Hall–Kier alpha value is -1.03. The minimum atomic E-state index is -0.467. The molecule has 0 aliphatic carbocycles. The molecule has 0 unspecified atom stereocenters. The van der Waals surface area contributed by atoms with E-state index >= 15 is 0 Å². The zero-order chi connectivity index (χ0) is 18.7. The fourth-order valence-electron chi connectivity index (χ4n) is 2.08. The lowest BCUT2D eigenvalue weighted by Gasteiger charge is -2.22. The van der Waals surface area contributed by atoms with Gasteiger partial charge in [0.15, 0.2) is 5.96 Å². The highest BCUT2D eigenvalue weighted by Gasteiger charge is 2.15. The number of rotatable bonds is 8. The summed E-state index contributed by atoms with van der Waals surface area (Å²) in [5.41, 5.74) is -0.467. The minimum Gasteiger partial charge on any atom is -0.444 e. The Morgan fingerprint density at radius 3 is 2.65 bits per heavy atom. The maximum Gasteiger partial charge on any atom is 0.407 e. The first kappa shape index (κ1) is 25.0. The van der Waals surface area contributed by atoms with Crippen molar-refractivity contribution < 1.29 is 9.53 Å². The van der Waals surface area contributed by atoms with Crippen molar-refractivity contribution in [3.8, 4) is 0 Å². The number of alkyl carbamates (subject to hydrolysis) is 1. The van der Waals surface area contributed by atoms with Gasteiger partial charge >= 0.3 is 6.09 Å². The number of carbonyl (C=O) groups is 1. The highest BCUT2D eigenvalue weighted by molar-refractivity contribution is 14.0. The molecule has 8 heteroatoms. The Labute approximate surface area is 178 Å². The molecule has 26 heavy (non-hydrogen) atoms. The van der Waals surface area contributed by atoms with Crippen LogP contribution in [0.4, 0.5) is 4.79 Å². The minimum absolute atomic E-state index is 0. The van der Waals surface area contributed by atoms with Gasteiger partial charge in [-0.1, -0.05) is 6.07 Å². The van der Waals surface area contributed by atoms with E-state index in [9.17, 15) is 4.79 Å². The molecule has 6 nitrogen and oxygen atoms in total.